The molecule has 0 aliphatic heterocycles. The van der Waals surface area contributed by atoms with Crippen LogP contribution < -0.4 is 0 Å². The van der Waals surface area contributed by atoms with Gasteiger partial charge in [-0.05, 0) is 18.6 Å². The van der Waals surface area contributed by atoms with E-state index in [-0.39, 0.29) is 5.78 Å². The molecule has 0 aliphatic carbocycles. The van der Waals surface area contributed by atoms with Crippen LogP contribution in [0.15, 0.2) is 23.4 Å². The van der Waals surface area contributed by atoms with E-state index < -0.39 is 0 Å². The summed E-state index contributed by atoms with van der Waals surface area (Å²) in [6.45, 7) is 1.99. The Morgan fingerprint density at radius 3 is 2.53 bits per heavy atom. The Morgan fingerprint density at radius 2 is 1.95 bits per heavy atom. The second-order valence-electron chi connectivity index (χ2n) is 4.14. The maximum absolute atomic E-state index is 11.6. The number of ketones is 1. The van der Waals surface area contributed by atoms with Gasteiger partial charge in [0.05, 0.1) is 15.8 Å². The van der Waals surface area contributed by atoms with E-state index in [4.69, 9.17) is 28.0 Å². The number of hydrogen-bond acceptors (Lipinski definition) is 3. The minimum atomic E-state index is 0.228. The number of oxime groups is 1. The Balaban J connectivity index is 2.80. The first-order valence-corrected chi connectivity index (χ1v) is 6.91. The van der Waals surface area contributed by atoms with Crippen molar-refractivity contribution >= 4 is 34.7 Å². The van der Waals surface area contributed by atoms with Gasteiger partial charge in [0.1, 0.15) is 12.9 Å². The van der Waals surface area contributed by atoms with E-state index >= 15 is 0 Å². The molecule has 0 radical (unpaired) electrons. The molecule has 0 aromatic heterocycles. The van der Waals surface area contributed by atoms with Gasteiger partial charge in [0, 0.05) is 24.8 Å². The van der Waals surface area contributed by atoms with Crippen molar-refractivity contribution in [3.05, 3.63) is 33.8 Å². The number of carbonyl (C=O) groups excluding carboxylic acids is 1. The SMILES string of the molecule is CCCC(=O)CC/C(=N/OC)c1ccc(Cl)c(Cl)c1. The van der Waals surface area contributed by atoms with Crippen molar-refractivity contribution in [3.63, 3.8) is 0 Å². The summed E-state index contributed by atoms with van der Waals surface area (Å²) in [6, 6.07) is 5.25. The van der Waals surface area contributed by atoms with Crippen LogP contribution in [0.3, 0.4) is 0 Å². The summed E-state index contributed by atoms with van der Waals surface area (Å²) >= 11 is 11.8. The Bertz CT molecular complexity index is 473. The number of rotatable bonds is 7. The normalized spacial score (nSPS) is 11.5. The Kier molecular flexibility index (Phi) is 6.89. The molecule has 3 nitrogen and oxygen atoms in total. The van der Waals surface area contributed by atoms with Crippen LogP contribution >= 0.6 is 23.2 Å². The largest absolute Gasteiger partial charge is 0.399 e. The minimum Gasteiger partial charge on any atom is -0.399 e. The zero-order chi connectivity index (χ0) is 14.3. The maximum atomic E-state index is 11.6. The lowest BCUT2D eigenvalue weighted by molar-refractivity contribution is -0.118. The van der Waals surface area contributed by atoms with E-state index in [2.05, 4.69) is 5.16 Å². The third-order valence-corrected chi connectivity index (χ3v) is 3.36. The van der Waals surface area contributed by atoms with Gasteiger partial charge in [-0.1, -0.05) is 41.3 Å². The van der Waals surface area contributed by atoms with Crippen LogP contribution in [-0.4, -0.2) is 18.6 Å². The van der Waals surface area contributed by atoms with Crippen molar-refractivity contribution < 1.29 is 9.63 Å². The van der Waals surface area contributed by atoms with E-state index in [9.17, 15) is 4.79 Å². The number of hydrogen-bond donors (Lipinski definition) is 0. The van der Waals surface area contributed by atoms with Crippen molar-refractivity contribution in [3.8, 4) is 0 Å². The molecule has 0 bridgehead atoms. The van der Waals surface area contributed by atoms with Gasteiger partial charge in [-0.2, -0.15) is 0 Å². The average Bonchev–Trinajstić information content (AvgIpc) is 2.38. The first-order chi connectivity index (χ1) is 9.08. The molecule has 0 N–H and O–H groups in total. The van der Waals surface area contributed by atoms with Crippen LogP contribution in [0.1, 0.15) is 38.2 Å². The number of benzene rings is 1. The zero-order valence-electron chi connectivity index (χ0n) is 11.1. The lowest BCUT2D eigenvalue weighted by atomic mass is 10.0. The monoisotopic (exact) mass is 301 g/mol. The second-order valence-corrected chi connectivity index (χ2v) is 4.95. The molecule has 1 aromatic rings. The van der Waals surface area contributed by atoms with Crippen LogP contribution in [0.4, 0.5) is 0 Å². The molecule has 5 heteroatoms. The Hall–Kier alpha value is -1.06. The van der Waals surface area contributed by atoms with Crippen LogP contribution in [0.5, 0.6) is 0 Å². The Morgan fingerprint density at radius 1 is 1.21 bits per heavy atom. The molecule has 1 rings (SSSR count). The highest BCUT2D eigenvalue weighted by molar-refractivity contribution is 6.42. The lowest BCUT2D eigenvalue weighted by Crippen LogP contribution is -2.06. The molecule has 19 heavy (non-hydrogen) atoms. The highest BCUT2D eigenvalue weighted by Crippen LogP contribution is 2.23. The molecule has 0 unspecified atom stereocenters. The molecule has 0 spiro atoms. The number of nitrogens with zero attached hydrogens (tertiary/aromatic N) is 1. The van der Waals surface area contributed by atoms with E-state index in [0.29, 0.717) is 35.0 Å². The molecule has 104 valence electrons. The fourth-order valence-corrected chi connectivity index (χ4v) is 1.99. The van der Waals surface area contributed by atoms with Gasteiger partial charge in [-0.3, -0.25) is 4.79 Å². The summed E-state index contributed by atoms with van der Waals surface area (Å²) < 4.78 is 0. The highest BCUT2D eigenvalue weighted by atomic mass is 35.5. The highest BCUT2D eigenvalue weighted by Gasteiger charge is 2.10. The smallest absolute Gasteiger partial charge is 0.133 e. The van der Waals surface area contributed by atoms with Gasteiger partial charge in [-0.15, -0.1) is 0 Å². The van der Waals surface area contributed by atoms with Gasteiger partial charge < -0.3 is 4.84 Å². The van der Waals surface area contributed by atoms with Gasteiger partial charge in [0.25, 0.3) is 0 Å². The van der Waals surface area contributed by atoms with Gasteiger partial charge >= 0.3 is 0 Å². The quantitative estimate of drug-likeness (QED) is 0.549. The first-order valence-electron chi connectivity index (χ1n) is 6.15. The fourth-order valence-electron chi connectivity index (χ4n) is 1.69. The summed E-state index contributed by atoms with van der Waals surface area (Å²) in [5.74, 6) is 0.228. The van der Waals surface area contributed by atoms with E-state index in [0.717, 1.165) is 12.0 Å². The summed E-state index contributed by atoms with van der Waals surface area (Å²) in [6.07, 6.45) is 2.45. The maximum Gasteiger partial charge on any atom is 0.133 e. The fraction of sp³-hybridized carbons (Fsp3) is 0.429. The topological polar surface area (TPSA) is 38.7 Å². The van der Waals surface area contributed by atoms with Crippen LogP contribution in [0.2, 0.25) is 10.0 Å². The van der Waals surface area contributed by atoms with Crippen LogP contribution in [-0.2, 0) is 9.63 Å². The molecule has 0 saturated carbocycles. The molecular weight excluding hydrogens is 285 g/mol. The molecule has 0 atom stereocenters. The lowest BCUT2D eigenvalue weighted by Gasteiger charge is -2.07. The third-order valence-electron chi connectivity index (χ3n) is 2.62. The molecule has 0 saturated heterocycles. The van der Waals surface area contributed by atoms with Crippen molar-refractivity contribution in [1.82, 2.24) is 0 Å². The predicted octanol–water partition coefficient (Wildman–Crippen LogP) is 4.49. The molecule has 0 aliphatic rings. The number of Topliss-reactive ketones (excluding diaryl/α,β-unsaturated/α-hetero) is 1. The summed E-state index contributed by atoms with van der Waals surface area (Å²) in [4.78, 5) is 16.4. The first kappa shape index (κ1) is 16.0. The van der Waals surface area contributed by atoms with Crippen molar-refractivity contribution in [1.29, 1.82) is 0 Å². The van der Waals surface area contributed by atoms with E-state index in [1.54, 1.807) is 12.1 Å². The van der Waals surface area contributed by atoms with Crippen molar-refractivity contribution in [2.24, 2.45) is 5.16 Å². The van der Waals surface area contributed by atoms with Crippen LogP contribution in [0, 0.1) is 0 Å². The molecule has 1 aromatic carbocycles. The van der Waals surface area contributed by atoms with Crippen LogP contribution in [0.25, 0.3) is 0 Å². The molecule has 0 heterocycles. The standard InChI is InChI=1S/C14H17Cl2NO2/c1-3-4-11(18)6-8-14(17-19-2)10-5-7-12(15)13(16)9-10/h5,7,9H,3-4,6,8H2,1-2H3/b17-14-. The average molecular weight is 302 g/mol. The third kappa shape index (κ3) is 5.21. The summed E-state index contributed by atoms with van der Waals surface area (Å²) in [5, 5.41) is 4.91. The molecular formula is C14H17Cl2NO2. The second kappa shape index (κ2) is 8.18. The van der Waals surface area contributed by atoms with Gasteiger partial charge in [-0.25, -0.2) is 0 Å². The summed E-state index contributed by atoms with van der Waals surface area (Å²) in [5.41, 5.74) is 1.52. The molecule has 0 fully saturated rings. The number of halogens is 2. The minimum absolute atomic E-state index is 0.228. The van der Waals surface area contributed by atoms with Crippen molar-refractivity contribution in [2.45, 2.75) is 32.6 Å². The summed E-state index contributed by atoms with van der Waals surface area (Å²) in [7, 11) is 1.48. The molecule has 0 amide bonds. The van der Waals surface area contributed by atoms with Gasteiger partial charge in [0.15, 0.2) is 0 Å². The van der Waals surface area contributed by atoms with E-state index in [1.165, 1.54) is 7.11 Å². The number of carbonyl (C=O) groups is 1. The zero-order valence-corrected chi connectivity index (χ0v) is 12.6. The van der Waals surface area contributed by atoms with Gasteiger partial charge in [0.2, 0.25) is 0 Å². The Labute approximate surface area is 123 Å². The van der Waals surface area contributed by atoms with Crippen molar-refractivity contribution in [2.75, 3.05) is 7.11 Å². The predicted molar refractivity (Wildman–Crippen MR) is 79.2 cm³/mol. The van der Waals surface area contributed by atoms with E-state index in [1.807, 2.05) is 13.0 Å².